The van der Waals surface area contributed by atoms with Gasteiger partial charge in [0.2, 0.25) is 0 Å². The molecule has 0 amide bonds. The Labute approximate surface area is 472 Å². The molecule has 0 bridgehead atoms. The van der Waals surface area contributed by atoms with Crippen molar-refractivity contribution in [2.45, 2.75) is 344 Å². The number of hydrogen-bond acceptors (Lipinski definition) is 11. The molecule has 0 aromatic rings. The maximum absolute atomic E-state index is 4.35. The molecule has 0 radical (unpaired) electrons. The van der Waals surface area contributed by atoms with Crippen molar-refractivity contribution in [3.63, 3.8) is 0 Å². The van der Waals surface area contributed by atoms with Crippen LogP contribution in [0.1, 0.15) is 238 Å². The van der Waals surface area contributed by atoms with Crippen LogP contribution in [-0.2, 0) is 0 Å². The van der Waals surface area contributed by atoms with Crippen LogP contribution in [0.15, 0.2) is 0 Å². The largest absolute Gasteiger partial charge is 0.316 e. The van der Waals surface area contributed by atoms with Crippen LogP contribution in [0.5, 0.6) is 0 Å². The molecule has 15 fully saturated rings. The molecule has 11 heteroatoms. The summed E-state index contributed by atoms with van der Waals surface area (Å²) in [6.45, 7) is 5.09. The molecule has 0 aromatic carbocycles. The van der Waals surface area contributed by atoms with E-state index in [4.69, 9.17) is 0 Å². The van der Waals surface area contributed by atoms with Gasteiger partial charge in [0.1, 0.15) is 0 Å². The summed E-state index contributed by atoms with van der Waals surface area (Å²) < 4.78 is 0. The number of rotatable bonds is 10. The Hall–Kier alpha value is 0.340. The van der Waals surface area contributed by atoms with Crippen LogP contribution in [-0.4, -0.2) is 152 Å². The van der Waals surface area contributed by atoms with Crippen LogP contribution in [0.3, 0.4) is 0 Å². The maximum Gasteiger partial charge on any atom is 0.0713 e. The second-order valence-electron chi connectivity index (χ2n) is 29.8. The molecule has 7 heterocycles. The first-order chi connectivity index (χ1) is 37.7. The van der Waals surface area contributed by atoms with Crippen molar-refractivity contribution in [2.75, 3.05) is 26.2 Å². The number of fused-ring (bicyclic) bond motifs is 8. The van der Waals surface area contributed by atoms with Crippen molar-refractivity contribution in [2.24, 2.45) is 35.5 Å². The van der Waals surface area contributed by atoms with Crippen LogP contribution < -0.4 is 26.6 Å². The highest BCUT2D eigenvalue weighted by Gasteiger charge is 2.58. The van der Waals surface area contributed by atoms with Gasteiger partial charge in [-0.3, -0.25) is 35.6 Å². The molecular formula is C65H111N9S2. The molecule has 76 heavy (non-hydrogen) atoms. The molecule has 7 saturated heterocycles. The average molecular weight is 1080 g/mol. The lowest BCUT2D eigenvalue weighted by molar-refractivity contribution is -0.00700. The van der Waals surface area contributed by atoms with Crippen molar-refractivity contribution in [1.29, 1.82) is 0 Å². The summed E-state index contributed by atoms with van der Waals surface area (Å²) in [4.78, 5) is 13.1. The van der Waals surface area contributed by atoms with E-state index in [1.165, 1.54) is 264 Å². The van der Waals surface area contributed by atoms with Gasteiger partial charge >= 0.3 is 0 Å². The molecule has 9 nitrogen and oxygen atoms in total. The van der Waals surface area contributed by atoms with Crippen LogP contribution in [0, 0.1) is 35.5 Å². The third kappa shape index (κ3) is 10.4. The van der Waals surface area contributed by atoms with Gasteiger partial charge in [-0.25, -0.2) is 0 Å². The van der Waals surface area contributed by atoms with Gasteiger partial charge in [-0.05, 0) is 222 Å². The van der Waals surface area contributed by atoms with Crippen molar-refractivity contribution in [1.82, 2.24) is 46.2 Å². The summed E-state index contributed by atoms with van der Waals surface area (Å²) in [5, 5.41) is 23.4. The monoisotopic (exact) mass is 1080 g/mol. The minimum Gasteiger partial charge on any atom is -0.316 e. The van der Waals surface area contributed by atoms with Crippen molar-refractivity contribution >= 4 is 23.5 Å². The molecule has 16 unspecified atom stereocenters. The van der Waals surface area contributed by atoms with E-state index in [1.54, 1.807) is 0 Å². The SMILES string of the molecule is C1CCC(N(C2CCCCC2)C2CCC3C(C2)C2CNCCC2N3C2CCC(C3NC4CC5NC(C6CCC(N7C8CCNCC8C8CC(N(C9CCCCC9)C9CCCCC9)CCC87)CC6)SC5NC4S3)CC2)CC1. The normalized spacial score (nSPS) is 48.6. The zero-order chi connectivity index (χ0) is 50.1. The lowest BCUT2D eigenvalue weighted by atomic mass is 9.73. The van der Waals surface area contributed by atoms with E-state index in [2.05, 4.69) is 69.7 Å². The number of thioether (sulfide) groups is 2. The van der Waals surface area contributed by atoms with Crippen molar-refractivity contribution in [3.8, 4) is 0 Å². The summed E-state index contributed by atoms with van der Waals surface area (Å²) in [7, 11) is 0. The molecule has 5 N–H and O–H groups in total. The highest BCUT2D eigenvalue weighted by Crippen LogP contribution is 2.54. The molecule has 0 aromatic heterocycles. The Morgan fingerprint density at radius 3 is 1.05 bits per heavy atom. The highest BCUT2D eigenvalue weighted by atomic mass is 32.2. The highest BCUT2D eigenvalue weighted by molar-refractivity contribution is 8.01. The van der Waals surface area contributed by atoms with Gasteiger partial charge < -0.3 is 10.6 Å². The molecule has 8 aliphatic carbocycles. The molecule has 15 aliphatic rings. The Bertz CT molecular complexity index is 1680. The number of piperidine rings is 3. The fourth-order valence-electron chi connectivity index (χ4n) is 23.0. The summed E-state index contributed by atoms with van der Waals surface area (Å²) in [5.74, 6) is 5.32. The third-order valence-electron chi connectivity index (χ3n) is 26.2. The zero-order valence-corrected chi connectivity index (χ0v) is 49.6. The summed E-state index contributed by atoms with van der Waals surface area (Å²) in [6, 6.07) is 11.6. The second-order valence-corrected chi connectivity index (χ2v) is 32.4. The van der Waals surface area contributed by atoms with E-state index in [-0.39, 0.29) is 0 Å². The van der Waals surface area contributed by atoms with Crippen LogP contribution in [0.4, 0.5) is 0 Å². The fourth-order valence-corrected chi connectivity index (χ4v) is 26.4. The van der Waals surface area contributed by atoms with E-state index in [0.29, 0.717) is 33.6 Å². The van der Waals surface area contributed by atoms with E-state index >= 15 is 0 Å². The minimum absolute atomic E-state index is 0.591. The number of nitrogens with zero attached hydrogens (tertiary/aromatic N) is 4. The van der Waals surface area contributed by atoms with Gasteiger partial charge in [0.15, 0.2) is 0 Å². The van der Waals surface area contributed by atoms with Crippen LogP contribution in [0.25, 0.3) is 0 Å². The molecule has 15 rings (SSSR count). The van der Waals surface area contributed by atoms with Gasteiger partial charge in [0.05, 0.1) is 21.5 Å². The standard InChI is InChI=1S/C65H111N9S2/c1-5-13-44(14-6-1)71(45-15-7-2-8-16-45)50-29-31-58-52(37-50)54-40-66-35-33-60(54)73(58)48-25-21-42(22-26-48)62-68-56-39-57-65(70-64(56)75-62)76-63(69-57)43-23-27-49(28-24-43)74-59-32-30-51(38-53(59)55-41-67-36-34-61(55)74)72(46-17-9-3-10-18-46)47-19-11-4-12-20-47/h42-70H,1-41H2. The van der Waals surface area contributed by atoms with Crippen molar-refractivity contribution < 1.29 is 0 Å². The number of hydrogen-bond donors (Lipinski definition) is 5. The van der Waals surface area contributed by atoms with Gasteiger partial charge in [0, 0.05) is 84.6 Å². The van der Waals surface area contributed by atoms with Crippen LogP contribution >= 0.6 is 23.5 Å². The molecule has 7 aliphatic heterocycles. The number of likely N-dealkylation sites (tertiary alicyclic amines) is 2. The Kier molecular flexibility index (Phi) is 16.6. The first-order valence-corrected chi connectivity index (χ1v) is 36.7. The Balaban J connectivity index is 0.533. The first kappa shape index (κ1) is 53.1. The topological polar surface area (TPSA) is 73.1 Å². The van der Waals surface area contributed by atoms with E-state index in [1.807, 2.05) is 0 Å². The lowest BCUT2D eigenvalue weighted by Gasteiger charge is -2.50. The molecular weight excluding hydrogens is 971 g/mol. The first-order valence-electron chi connectivity index (χ1n) is 34.8. The molecule has 16 atom stereocenters. The smallest absolute Gasteiger partial charge is 0.0713 e. The van der Waals surface area contributed by atoms with Gasteiger partial charge in [-0.1, -0.05) is 77.0 Å². The minimum atomic E-state index is 0.591. The lowest BCUT2D eigenvalue weighted by Crippen LogP contribution is -2.57. The third-order valence-corrected chi connectivity index (χ3v) is 29.3. The van der Waals surface area contributed by atoms with Gasteiger partial charge in [-0.2, -0.15) is 0 Å². The predicted molar refractivity (Wildman–Crippen MR) is 318 cm³/mol. The van der Waals surface area contributed by atoms with E-state index in [9.17, 15) is 0 Å². The summed E-state index contributed by atoms with van der Waals surface area (Å²) >= 11 is 4.66. The summed E-state index contributed by atoms with van der Waals surface area (Å²) in [6.07, 6.45) is 54.5. The molecule has 428 valence electrons. The molecule has 0 spiro atoms. The Morgan fingerprint density at radius 2 is 0.671 bits per heavy atom. The van der Waals surface area contributed by atoms with Crippen molar-refractivity contribution in [3.05, 3.63) is 0 Å². The second kappa shape index (κ2) is 23.8. The van der Waals surface area contributed by atoms with Gasteiger partial charge in [0.25, 0.3) is 0 Å². The zero-order valence-electron chi connectivity index (χ0n) is 48.0. The van der Waals surface area contributed by atoms with E-state index < -0.39 is 0 Å². The summed E-state index contributed by atoms with van der Waals surface area (Å²) in [5.41, 5.74) is 0. The fraction of sp³-hybridized carbons (Fsp3) is 1.00. The average Bonchev–Trinajstić information content (AvgIpc) is 4.32. The number of nitrogens with one attached hydrogen (secondary N) is 5. The Morgan fingerprint density at radius 1 is 0.303 bits per heavy atom. The quantitative estimate of drug-likeness (QED) is 0.145. The predicted octanol–water partition coefficient (Wildman–Crippen LogP) is 11.4. The maximum atomic E-state index is 4.35. The van der Waals surface area contributed by atoms with Crippen LogP contribution in [0.2, 0.25) is 0 Å². The molecule has 8 saturated carbocycles. The van der Waals surface area contributed by atoms with E-state index in [0.717, 1.165) is 108 Å². The van der Waals surface area contributed by atoms with Gasteiger partial charge in [-0.15, -0.1) is 23.5 Å².